The zero-order valence-electron chi connectivity index (χ0n) is 19.2. The van der Waals surface area contributed by atoms with Crippen molar-refractivity contribution in [2.24, 2.45) is 0 Å². The van der Waals surface area contributed by atoms with Crippen molar-refractivity contribution in [3.8, 4) is 5.75 Å². The van der Waals surface area contributed by atoms with Gasteiger partial charge in [0, 0.05) is 28.8 Å². The van der Waals surface area contributed by atoms with Gasteiger partial charge in [0.1, 0.15) is 18.2 Å². The maximum Gasteiger partial charge on any atom is 0.256 e. The Morgan fingerprint density at radius 2 is 2.00 bits per heavy atom. The molecular formula is C27H23ClFN3O4. The number of anilines is 1. The van der Waals surface area contributed by atoms with Crippen LogP contribution in [0.15, 0.2) is 66.7 Å². The summed E-state index contributed by atoms with van der Waals surface area (Å²) in [5, 5.41) is 15.9. The molecule has 36 heavy (non-hydrogen) atoms. The molecule has 2 saturated heterocycles. The summed E-state index contributed by atoms with van der Waals surface area (Å²) in [6.07, 6.45) is 1.60. The molecule has 1 N–H and O–H groups in total. The third-order valence-electron chi connectivity index (χ3n) is 7.72. The van der Waals surface area contributed by atoms with Crippen molar-refractivity contribution in [2.45, 2.75) is 43.0 Å². The first-order chi connectivity index (χ1) is 17.4. The first-order valence-electron chi connectivity index (χ1n) is 11.9. The number of hydrogen-bond donors (Lipinski definition) is 1. The summed E-state index contributed by atoms with van der Waals surface area (Å²) >= 11 is 6.57. The van der Waals surface area contributed by atoms with Crippen LogP contribution in [0.3, 0.4) is 0 Å². The fourth-order valence-corrected chi connectivity index (χ4v) is 6.65. The van der Waals surface area contributed by atoms with Crippen LogP contribution in [0, 0.1) is 15.9 Å². The van der Waals surface area contributed by atoms with Gasteiger partial charge in [-0.1, -0.05) is 48.0 Å². The number of nitrogens with zero attached hydrogens (tertiary/aromatic N) is 2. The van der Waals surface area contributed by atoms with Crippen LogP contribution in [0.25, 0.3) is 0 Å². The number of para-hydroxylation sites is 1. The van der Waals surface area contributed by atoms with Crippen LogP contribution in [0.5, 0.6) is 5.75 Å². The molecule has 184 valence electrons. The lowest BCUT2D eigenvalue weighted by atomic mass is 9.77. The molecule has 0 unspecified atom stereocenters. The summed E-state index contributed by atoms with van der Waals surface area (Å²) in [6, 6.07) is 17.2. The first-order valence-corrected chi connectivity index (χ1v) is 12.3. The maximum atomic E-state index is 13.5. The molecule has 0 bridgehead atoms. The van der Waals surface area contributed by atoms with Crippen LogP contribution in [-0.2, 0) is 16.9 Å². The van der Waals surface area contributed by atoms with Gasteiger partial charge in [0.25, 0.3) is 11.9 Å². The van der Waals surface area contributed by atoms with Crippen molar-refractivity contribution in [1.29, 1.82) is 0 Å². The van der Waals surface area contributed by atoms with Crippen LogP contribution in [0.4, 0.5) is 10.1 Å². The van der Waals surface area contributed by atoms with Gasteiger partial charge in [-0.15, -0.1) is 0 Å². The normalized spacial score (nSPS) is 26.6. The van der Waals surface area contributed by atoms with Crippen LogP contribution in [-0.4, -0.2) is 34.4 Å². The van der Waals surface area contributed by atoms with E-state index in [1.165, 1.54) is 12.1 Å². The van der Waals surface area contributed by atoms with E-state index in [2.05, 4.69) is 5.32 Å². The molecule has 0 aliphatic carbocycles. The largest absolute Gasteiger partial charge is 0.487 e. The molecule has 6 rings (SSSR count). The SMILES string of the molecule is O=C1Nc2ccccc2[C@]12[C@H]([N+](=O)[O-])[C@@H](c1ccc(OCc3cccc(F)c3)c(Cl)c1)[C@@H]1CCCN12. The van der Waals surface area contributed by atoms with Gasteiger partial charge in [-0.25, -0.2) is 4.39 Å². The zero-order chi connectivity index (χ0) is 25.0. The van der Waals surface area contributed by atoms with E-state index < -0.39 is 17.5 Å². The van der Waals surface area contributed by atoms with Gasteiger partial charge in [-0.05, 0) is 54.3 Å². The monoisotopic (exact) mass is 507 g/mol. The second-order valence-corrected chi connectivity index (χ2v) is 9.94. The second-order valence-electron chi connectivity index (χ2n) is 9.53. The minimum atomic E-state index is -1.37. The maximum absolute atomic E-state index is 13.5. The van der Waals surface area contributed by atoms with E-state index in [4.69, 9.17) is 16.3 Å². The number of amides is 1. The fraction of sp³-hybridized carbons (Fsp3) is 0.296. The molecule has 0 saturated carbocycles. The van der Waals surface area contributed by atoms with Crippen molar-refractivity contribution in [3.63, 3.8) is 0 Å². The molecule has 3 aromatic carbocycles. The quantitative estimate of drug-likeness (QED) is 0.383. The number of nitro groups is 1. The van der Waals surface area contributed by atoms with Gasteiger partial charge < -0.3 is 10.1 Å². The van der Waals surface area contributed by atoms with E-state index in [-0.39, 0.29) is 29.3 Å². The third kappa shape index (κ3) is 3.32. The Balaban J connectivity index is 1.38. The highest BCUT2D eigenvalue weighted by Gasteiger charge is 2.73. The number of benzene rings is 3. The zero-order valence-corrected chi connectivity index (χ0v) is 20.0. The van der Waals surface area contributed by atoms with Crippen LogP contribution < -0.4 is 10.1 Å². The molecule has 9 heteroatoms. The number of nitrogens with one attached hydrogen (secondary N) is 1. The summed E-state index contributed by atoms with van der Waals surface area (Å²) in [5.41, 5.74) is 1.27. The Labute approximate surface area is 212 Å². The van der Waals surface area contributed by atoms with Gasteiger partial charge in [-0.3, -0.25) is 19.8 Å². The lowest BCUT2D eigenvalue weighted by Crippen LogP contribution is -2.55. The van der Waals surface area contributed by atoms with Crippen molar-refractivity contribution < 1.29 is 18.8 Å². The number of ether oxygens (including phenoxy) is 1. The highest BCUT2D eigenvalue weighted by atomic mass is 35.5. The summed E-state index contributed by atoms with van der Waals surface area (Å²) in [4.78, 5) is 27.9. The molecule has 0 radical (unpaired) electrons. The molecule has 4 atom stereocenters. The van der Waals surface area contributed by atoms with Crippen molar-refractivity contribution >= 4 is 23.2 Å². The predicted molar refractivity (Wildman–Crippen MR) is 132 cm³/mol. The Hall–Kier alpha value is -3.49. The number of fused-ring (bicyclic) bond motifs is 4. The lowest BCUT2D eigenvalue weighted by Gasteiger charge is -2.32. The first kappa shape index (κ1) is 22.9. The number of halogens is 2. The summed E-state index contributed by atoms with van der Waals surface area (Å²) in [5.74, 6) is -0.824. The summed E-state index contributed by atoms with van der Waals surface area (Å²) in [7, 11) is 0. The minimum Gasteiger partial charge on any atom is -0.487 e. The van der Waals surface area contributed by atoms with E-state index in [1.807, 2.05) is 23.1 Å². The topological polar surface area (TPSA) is 84.7 Å². The molecule has 7 nitrogen and oxygen atoms in total. The van der Waals surface area contributed by atoms with Crippen molar-refractivity contribution in [3.05, 3.63) is 104 Å². The fourth-order valence-electron chi connectivity index (χ4n) is 6.40. The van der Waals surface area contributed by atoms with Gasteiger partial charge in [0.2, 0.25) is 0 Å². The molecule has 3 aromatic rings. The Kier molecular flexibility index (Phi) is 5.46. The van der Waals surface area contributed by atoms with Crippen LogP contribution >= 0.6 is 11.6 Å². The number of carbonyl (C=O) groups is 1. The van der Waals surface area contributed by atoms with E-state index >= 15 is 0 Å². The number of carbonyl (C=O) groups excluding carboxylic acids is 1. The number of hydrogen-bond acceptors (Lipinski definition) is 5. The second kappa shape index (κ2) is 8.57. The van der Waals surface area contributed by atoms with Crippen molar-refractivity contribution in [1.82, 2.24) is 4.90 Å². The van der Waals surface area contributed by atoms with E-state index in [1.54, 1.807) is 36.4 Å². The standard InChI is InChI=1S/C27H23ClFN3O4/c28-20-14-17(10-11-23(20)36-15-16-5-3-6-18(29)13-16)24-22-9-4-12-31(22)27(25(24)32(34)35)19-7-1-2-8-21(19)30-26(27)33/h1-3,5-8,10-11,13-14,22,24-25H,4,9,12,15H2,(H,30,33)/t22-,24-,25+,27-/m0/s1. The minimum absolute atomic E-state index is 0.133. The van der Waals surface area contributed by atoms with Crippen LogP contribution in [0.1, 0.15) is 35.4 Å². The molecule has 1 spiro atoms. The van der Waals surface area contributed by atoms with Crippen LogP contribution in [0.2, 0.25) is 5.02 Å². The summed E-state index contributed by atoms with van der Waals surface area (Å²) < 4.78 is 19.3. The number of rotatable bonds is 5. The molecule has 1 amide bonds. The lowest BCUT2D eigenvalue weighted by molar-refractivity contribution is -0.534. The average molecular weight is 508 g/mol. The molecule has 3 aliphatic rings. The van der Waals surface area contributed by atoms with E-state index in [0.29, 0.717) is 39.7 Å². The Morgan fingerprint density at radius 1 is 1.17 bits per heavy atom. The van der Waals surface area contributed by atoms with Gasteiger partial charge in [-0.2, -0.15) is 0 Å². The highest BCUT2D eigenvalue weighted by Crippen LogP contribution is 2.58. The molecular weight excluding hydrogens is 485 g/mol. The highest BCUT2D eigenvalue weighted by molar-refractivity contribution is 6.32. The average Bonchev–Trinajstić information content (AvgIpc) is 3.51. The summed E-state index contributed by atoms with van der Waals surface area (Å²) in [6.45, 7) is 0.740. The van der Waals surface area contributed by atoms with Crippen molar-refractivity contribution in [2.75, 3.05) is 11.9 Å². The Morgan fingerprint density at radius 3 is 2.78 bits per heavy atom. The molecule has 3 heterocycles. The predicted octanol–water partition coefficient (Wildman–Crippen LogP) is 5.11. The molecule has 3 aliphatic heterocycles. The smallest absolute Gasteiger partial charge is 0.256 e. The third-order valence-corrected chi connectivity index (χ3v) is 8.01. The van der Waals surface area contributed by atoms with Gasteiger partial charge in [0.15, 0.2) is 5.54 Å². The van der Waals surface area contributed by atoms with E-state index in [0.717, 1.165) is 12.8 Å². The van der Waals surface area contributed by atoms with Gasteiger partial charge in [0.05, 0.1) is 10.9 Å². The molecule has 0 aromatic heterocycles. The van der Waals surface area contributed by atoms with Gasteiger partial charge >= 0.3 is 0 Å². The Bertz CT molecular complexity index is 1380. The van der Waals surface area contributed by atoms with E-state index in [9.17, 15) is 19.3 Å². The molecule has 2 fully saturated rings.